The molecule has 6 heteroatoms. The molecule has 35 heavy (non-hydrogen) atoms. The summed E-state index contributed by atoms with van der Waals surface area (Å²) in [6.07, 6.45) is 1.25. The van der Waals surface area contributed by atoms with Crippen molar-refractivity contribution < 1.29 is 9.59 Å². The van der Waals surface area contributed by atoms with Gasteiger partial charge in [0.25, 0.3) is 0 Å². The molecule has 0 N–H and O–H groups in total. The molecule has 1 saturated heterocycles. The SMILES string of the molecule is CCN(C(=O)Cn1c(C2CC(=O)N(CCc3ccccc3)C2)nc2ccccc21)c1ccccc1. The van der Waals surface area contributed by atoms with Crippen molar-refractivity contribution in [3.8, 4) is 0 Å². The fraction of sp³-hybridized carbons (Fsp3) is 0.276. The first-order valence-electron chi connectivity index (χ1n) is 12.3. The number of nitrogens with zero attached hydrogens (tertiary/aromatic N) is 4. The standard InChI is InChI=1S/C29H30N4O2/c1-2-32(24-13-7-4-8-14-24)28(35)21-33-26-16-10-9-15-25(26)30-29(33)23-19-27(34)31(20-23)18-17-22-11-5-3-6-12-22/h3-16,23H,2,17-21H2,1H3. The number of aromatic nitrogens is 2. The minimum absolute atomic E-state index is 0.00774. The van der Waals surface area contributed by atoms with Crippen LogP contribution in [0.15, 0.2) is 84.9 Å². The largest absolute Gasteiger partial charge is 0.342 e. The van der Waals surface area contributed by atoms with Crippen LogP contribution in [0.4, 0.5) is 5.69 Å². The van der Waals surface area contributed by atoms with Gasteiger partial charge in [-0.2, -0.15) is 0 Å². The number of likely N-dealkylation sites (N-methyl/N-ethyl adjacent to an activating group) is 1. The third kappa shape index (κ3) is 4.83. The number of fused-ring (bicyclic) bond motifs is 1. The predicted molar refractivity (Wildman–Crippen MR) is 138 cm³/mol. The second kappa shape index (κ2) is 10.1. The van der Waals surface area contributed by atoms with Gasteiger partial charge in [0.15, 0.2) is 0 Å². The second-order valence-corrected chi connectivity index (χ2v) is 8.99. The second-order valence-electron chi connectivity index (χ2n) is 8.99. The van der Waals surface area contributed by atoms with Crippen LogP contribution >= 0.6 is 0 Å². The maximum atomic E-state index is 13.4. The molecule has 5 rings (SSSR count). The van der Waals surface area contributed by atoms with Gasteiger partial charge in [0.1, 0.15) is 12.4 Å². The molecular formula is C29H30N4O2. The molecular weight excluding hydrogens is 436 g/mol. The van der Waals surface area contributed by atoms with Crippen molar-refractivity contribution in [3.05, 3.63) is 96.3 Å². The number of hydrogen-bond acceptors (Lipinski definition) is 3. The molecule has 6 nitrogen and oxygen atoms in total. The van der Waals surface area contributed by atoms with Gasteiger partial charge in [-0.05, 0) is 43.2 Å². The third-order valence-corrected chi connectivity index (χ3v) is 6.76. The molecule has 1 fully saturated rings. The lowest BCUT2D eigenvalue weighted by Crippen LogP contribution is -2.34. The van der Waals surface area contributed by atoms with Crippen LogP contribution in [0.2, 0.25) is 0 Å². The van der Waals surface area contributed by atoms with Crippen LogP contribution in [0.5, 0.6) is 0 Å². The highest BCUT2D eigenvalue weighted by Crippen LogP contribution is 2.31. The quantitative estimate of drug-likeness (QED) is 0.380. The molecule has 1 unspecified atom stereocenters. The minimum Gasteiger partial charge on any atom is -0.342 e. The zero-order valence-electron chi connectivity index (χ0n) is 20.0. The van der Waals surface area contributed by atoms with Crippen molar-refractivity contribution in [1.82, 2.24) is 14.5 Å². The Balaban J connectivity index is 1.39. The summed E-state index contributed by atoms with van der Waals surface area (Å²) >= 11 is 0. The summed E-state index contributed by atoms with van der Waals surface area (Å²) in [5, 5.41) is 0. The molecule has 1 aliphatic heterocycles. The summed E-state index contributed by atoms with van der Waals surface area (Å²) in [5.41, 5.74) is 3.89. The Morgan fingerprint density at radius 3 is 2.40 bits per heavy atom. The van der Waals surface area contributed by atoms with Gasteiger partial charge >= 0.3 is 0 Å². The number of carbonyl (C=O) groups excluding carboxylic acids is 2. The molecule has 2 heterocycles. The van der Waals surface area contributed by atoms with Crippen LogP contribution < -0.4 is 4.90 Å². The maximum absolute atomic E-state index is 13.4. The lowest BCUT2D eigenvalue weighted by atomic mass is 10.1. The summed E-state index contributed by atoms with van der Waals surface area (Å²) in [6, 6.07) is 27.9. The Kier molecular flexibility index (Phi) is 6.62. The van der Waals surface area contributed by atoms with E-state index in [1.165, 1.54) is 5.56 Å². The molecule has 0 aliphatic carbocycles. The molecule has 0 spiro atoms. The van der Waals surface area contributed by atoms with Crippen LogP contribution in [-0.2, 0) is 22.6 Å². The number of para-hydroxylation sites is 3. The average molecular weight is 467 g/mol. The minimum atomic E-state index is -0.0368. The Hall–Kier alpha value is -3.93. The summed E-state index contributed by atoms with van der Waals surface area (Å²) in [7, 11) is 0. The van der Waals surface area contributed by atoms with Gasteiger partial charge < -0.3 is 14.4 Å². The van der Waals surface area contributed by atoms with E-state index in [2.05, 4.69) is 12.1 Å². The van der Waals surface area contributed by atoms with Gasteiger partial charge in [-0.15, -0.1) is 0 Å². The number of amides is 2. The van der Waals surface area contributed by atoms with E-state index in [1.54, 1.807) is 4.90 Å². The van der Waals surface area contributed by atoms with Crippen molar-refractivity contribution in [2.75, 3.05) is 24.5 Å². The van der Waals surface area contributed by atoms with Crippen molar-refractivity contribution in [2.45, 2.75) is 32.2 Å². The lowest BCUT2D eigenvalue weighted by molar-refractivity contribution is -0.127. The smallest absolute Gasteiger partial charge is 0.246 e. The highest BCUT2D eigenvalue weighted by Gasteiger charge is 2.34. The average Bonchev–Trinajstić information content (AvgIpc) is 3.44. The van der Waals surface area contributed by atoms with Crippen molar-refractivity contribution in [3.63, 3.8) is 0 Å². The first kappa shape index (κ1) is 22.8. The Morgan fingerprint density at radius 2 is 1.66 bits per heavy atom. The van der Waals surface area contributed by atoms with Gasteiger partial charge in [-0.3, -0.25) is 9.59 Å². The monoisotopic (exact) mass is 466 g/mol. The lowest BCUT2D eigenvalue weighted by Gasteiger charge is -2.23. The Bertz CT molecular complexity index is 1320. The van der Waals surface area contributed by atoms with Crippen LogP contribution in [0.1, 0.15) is 30.7 Å². The van der Waals surface area contributed by atoms with E-state index < -0.39 is 0 Å². The maximum Gasteiger partial charge on any atom is 0.246 e. The van der Waals surface area contributed by atoms with E-state index in [9.17, 15) is 9.59 Å². The molecule has 0 bridgehead atoms. The molecule has 1 aromatic heterocycles. The first-order valence-corrected chi connectivity index (χ1v) is 12.3. The summed E-state index contributed by atoms with van der Waals surface area (Å²) in [4.78, 5) is 35.0. The van der Waals surface area contributed by atoms with Crippen molar-refractivity contribution in [1.29, 1.82) is 0 Å². The number of hydrogen-bond donors (Lipinski definition) is 0. The summed E-state index contributed by atoms with van der Waals surface area (Å²) < 4.78 is 2.02. The number of rotatable bonds is 8. The zero-order chi connectivity index (χ0) is 24.2. The fourth-order valence-corrected chi connectivity index (χ4v) is 4.97. The van der Waals surface area contributed by atoms with Gasteiger partial charge in [0.2, 0.25) is 11.8 Å². The Labute approximate surface area is 205 Å². The number of anilines is 1. The molecule has 1 atom stereocenters. The van der Waals surface area contributed by atoms with E-state index in [0.29, 0.717) is 26.1 Å². The highest BCUT2D eigenvalue weighted by atomic mass is 16.2. The molecule has 178 valence electrons. The van der Waals surface area contributed by atoms with E-state index in [-0.39, 0.29) is 24.3 Å². The molecule has 1 aliphatic rings. The Morgan fingerprint density at radius 1 is 0.971 bits per heavy atom. The first-order chi connectivity index (χ1) is 17.1. The van der Waals surface area contributed by atoms with E-state index in [1.807, 2.05) is 89.2 Å². The van der Waals surface area contributed by atoms with Crippen LogP contribution in [-0.4, -0.2) is 45.9 Å². The number of imidazole rings is 1. The van der Waals surface area contributed by atoms with Crippen LogP contribution in [0, 0.1) is 0 Å². The highest BCUT2D eigenvalue weighted by molar-refractivity contribution is 5.94. The summed E-state index contributed by atoms with van der Waals surface area (Å²) in [6.45, 7) is 4.07. The van der Waals surface area contributed by atoms with E-state index in [0.717, 1.165) is 29.0 Å². The van der Waals surface area contributed by atoms with Crippen LogP contribution in [0.3, 0.4) is 0 Å². The predicted octanol–water partition coefficient (Wildman–Crippen LogP) is 4.65. The van der Waals surface area contributed by atoms with Crippen molar-refractivity contribution in [2.24, 2.45) is 0 Å². The fourth-order valence-electron chi connectivity index (χ4n) is 4.97. The number of benzene rings is 3. The topological polar surface area (TPSA) is 58.4 Å². The summed E-state index contributed by atoms with van der Waals surface area (Å²) in [5.74, 6) is 0.938. The number of carbonyl (C=O) groups is 2. The van der Waals surface area contributed by atoms with Crippen molar-refractivity contribution >= 4 is 28.5 Å². The number of likely N-dealkylation sites (tertiary alicyclic amines) is 1. The van der Waals surface area contributed by atoms with Crippen LogP contribution in [0.25, 0.3) is 11.0 Å². The van der Waals surface area contributed by atoms with Gasteiger partial charge in [-0.1, -0.05) is 60.7 Å². The van der Waals surface area contributed by atoms with E-state index >= 15 is 0 Å². The normalized spacial score (nSPS) is 15.6. The van der Waals surface area contributed by atoms with Gasteiger partial charge in [-0.25, -0.2) is 4.98 Å². The van der Waals surface area contributed by atoms with Gasteiger partial charge in [0.05, 0.1) is 11.0 Å². The van der Waals surface area contributed by atoms with Gasteiger partial charge in [0, 0.05) is 37.7 Å². The zero-order valence-corrected chi connectivity index (χ0v) is 20.0. The van der Waals surface area contributed by atoms with E-state index in [4.69, 9.17) is 4.98 Å². The molecule has 3 aromatic carbocycles. The molecule has 2 amide bonds. The molecule has 0 radical (unpaired) electrons. The molecule has 0 saturated carbocycles. The molecule has 4 aromatic rings. The third-order valence-electron chi connectivity index (χ3n) is 6.76.